The van der Waals surface area contributed by atoms with E-state index in [1.54, 1.807) is 0 Å². The van der Waals surface area contributed by atoms with E-state index in [9.17, 15) is 0 Å². The normalized spacial score (nSPS) is 10.2. The van der Waals surface area contributed by atoms with Crippen molar-refractivity contribution in [1.29, 1.82) is 5.41 Å². The van der Waals surface area contributed by atoms with Crippen LogP contribution in [0.3, 0.4) is 0 Å². The van der Waals surface area contributed by atoms with E-state index in [0.29, 0.717) is 6.54 Å². The van der Waals surface area contributed by atoms with Gasteiger partial charge in [-0.2, -0.15) is 0 Å². The van der Waals surface area contributed by atoms with Gasteiger partial charge in [0.05, 0.1) is 0 Å². The highest BCUT2D eigenvalue weighted by Crippen LogP contribution is 2.01. The second kappa shape index (κ2) is 13.0. The standard InChI is InChI=1S/C9H21N5.HNO3/c1-2-3-4-5-6-7-13-9(12)14-8(10)11;2-1(3)4/h2-7H2,1H3,(H6,10,11,12,13,14);(H,2,3,4). The summed E-state index contributed by atoms with van der Waals surface area (Å²) in [7, 11) is 0. The predicted octanol–water partition coefficient (Wildman–Crippen LogP) is 0.407. The van der Waals surface area contributed by atoms with Crippen LogP contribution in [0.2, 0.25) is 0 Å². The zero-order valence-electron chi connectivity index (χ0n) is 10.6. The first-order valence-electron chi connectivity index (χ1n) is 5.64. The highest BCUT2D eigenvalue weighted by molar-refractivity contribution is 5.95. The average Bonchev–Trinajstić information content (AvgIpc) is 2.21. The Labute approximate surface area is 106 Å². The van der Waals surface area contributed by atoms with Gasteiger partial charge in [0.2, 0.25) is 0 Å². The van der Waals surface area contributed by atoms with Gasteiger partial charge >= 0.3 is 0 Å². The van der Waals surface area contributed by atoms with E-state index in [1.165, 1.54) is 25.7 Å². The molecule has 0 atom stereocenters. The summed E-state index contributed by atoms with van der Waals surface area (Å²) in [6.45, 7) is 2.89. The molecule has 0 aliphatic rings. The Morgan fingerprint density at radius 1 is 1.39 bits per heavy atom. The summed E-state index contributed by atoms with van der Waals surface area (Å²) in [5.74, 6) is 0.0604. The molecule has 0 amide bonds. The monoisotopic (exact) mass is 262 g/mol. The maximum Gasteiger partial charge on any atom is 0.291 e. The molecule has 0 aromatic rings. The lowest BCUT2D eigenvalue weighted by atomic mass is 10.2. The second-order valence-corrected chi connectivity index (χ2v) is 3.46. The Morgan fingerprint density at radius 3 is 2.33 bits per heavy atom. The molecule has 0 aliphatic carbocycles. The van der Waals surface area contributed by atoms with Gasteiger partial charge in [-0.05, 0) is 6.42 Å². The number of rotatable bonds is 6. The lowest BCUT2D eigenvalue weighted by molar-refractivity contribution is -0.742. The molecular weight excluding hydrogens is 240 g/mol. The summed E-state index contributed by atoms with van der Waals surface area (Å²) in [5.41, 5.74) is 10.5. The summed E-state index contributed by atoms with van der Waals surface area (Å²) in [6, 6.07) is 0. The molecule has 0 saturated carbocycles. The molecule has 0 radical (unpaired) electrons. The smallest absolute Gasteiger partial charge is 0.291 e. The van der Waals surface area contributed by atoms with Gasteiger partial charge in [0.15, 0.2) is 11.9 Å². The van der Waals surface area contributed by atoms with Crippen molar-refractivity contribution in [2.45, 2.75) is 39.0 Å². The van der Waals surface area contributed by atoms with E-state index < -0.39 is 5.09 Å². The van der Waals surface area contributed by atoms with Crippen LogP contribution in [0.5, 0.6) is 0 Å². The molecule has 0 bridgehead atoms. The zero-order chi connectivity index (χ0) is 14.4. The minimum Gasteiger partial charge on any atom is -0.370 e. The third-order valence-electron chi connectivity index (χ3n) is 1.81. The third-order valence-corrected chi connectivity index (χ3v) is 1.81. The summed E-state index contributed by atoms with van der Waals surface area (Å²) < 4.78 is 0. The molecule has 0 fully saturated rings. The molecule has 9 nitrogen and oxygen atoms in total. The van der Waals surface area contributed by atoms with Crippen LogP contribution in [-0.4, -0.2) is 28.8 Å². The molecule has 0 rings (SSSR count). The van der Waals surface area contributed by atoms with Crippen molar-refractivity contribution in [3.05, 3.63) is 10.1 Å². The topological polar surface area (TPSA) is 164 Å². The van der Waals surface area contributed by atoms with Crippen LogP contribution in [0.25, 0.3) is 0 Å². The fourth-order valence-electron chi connectivity index (χ4n) is 1.09. The molecule has 0 aromatic heterocycles. The molecule has 0 unspecified atom stereocenters. The van der Waals surface area contributed by atoms with Crippen molar-refractivity contribution in [3.63, 3.8) is 0 Å². The average molecular weight is 262 g/mol. The molecule has 106 valence electrons. The molecule has 0 heterocycles. The van der Waals surface area contributed by atoms with Crippen molar-refractivity contribution in [2.24, 2.45) is 16.5 Å². The van der Waals surface area contributed by atoms with Gasteiger partial charge in [-0.15, -0.1) is 10.1 Å². The molecule has 0 aliphatic heterocycles. The fourth-order valence-corrected chi connectivity index (χ4v) is 1.09. The number of hydrogen-bond donors (Lipinski definition) is 5. The van der Waals surface area contributed by atoms with Crippen LogP contribution in [0.1, 0.15) is 39.0 Å². The molecule has 0 spiro atoms. The number of nitrogens with one attached hydrogen (secondary N) is 2. The van der Waals surface area contributed by atoms with E-state index in [2.05, 4.69) is 17.2 Å². The Bertz CT molecular complexity index is 265. The van der Waals surface area contributed by atoms with Gasteiger partial charge in [0, 0.05) is 6.54 Å². The lowest BCUT2D eigenvalue weighted by Crippen LogP contribution is -2.40. The highest BCUT2D eigenvalue weighted by atomic mass is 16.9. The van der Waals surface area contributed by atoms with Crippen molar-refractivity contribution in [2.75, 3.05) is 6.54 Å². The van der Waals surface area contributed by atoms with Gasteiger partial charge in [0.1, 0.15) is 0 Å². The predicted molar refractivity (Wildman–Crippen MR) is 69.1 cm³/mol. The SMILES string of the molecule is CCCCCCCN=C(N)NC(=N)N.O=[N+]([O-])O. The number of nitrogens with two attached hydrogens (primary N) is 2. The lowest BCUT2D eigenvalue weighted by Gasteiger charge is -2.02. The summed E-state index contributed by atoms with van der Waals surface area (Å²) in [4.78, 5) is 12.4. The highest BCUT2D eigenvalue weighted by Gasteiger charge is 1.92. The van der Waals surface area contributed by atoms with Crippen LogP contribution in [-0.2, 0) is 0 Å². The Kier molecular flexibility index (Phi) is 13.2. The Morgan fingerprint density at radius 2 is 1.89 bits per heavy atom. The van der Waals surface area contributed by atoms with Crippen molar-refractivity contribution >= 4 is 11.9 Å². The van der Waals surface area contributed by atoms with Crippen LogP contribution < -0.4 is 16.8 Å². The third kappa shape index (κ3) is 23.6. The number of unbranched alkanes of at least 4 members (excludes halogenated alkanes) is 4. The zero-order valence-corrected chi connectivity index (χ0v) is 10.6. The summed E-state index contributed by atoms with van der Waals surface area (Å²) in [6.07, 6.45) is 6.01. The second-order valence-electron chi connectivity index (χ2n) is 3.46. The van der Waals surface area contributed by atoms with Crippen molar-refractivity contribution in [3.8, 4) is 0 Å². The maximum atomic E-state index is 8.36. The molecule has 0 saturated heterocycles. The van der Waals surface area contributed by atoms with E-state index in [4.69, 9.17) is 32.2 Å². The van der Waals surface area contributed by atoms with Gasteiger partial charge in [-0.25, -0.2) is 0 Å². The van der Waals surface area contributed by atoms with Crippen LogP contribution in [0, 0.1) is 15.5 Å². The Balaban J connectivity index is 0. The maximum absolute atomic E-state index is 8.36. The van der Waals surface area contributed by atoms with E-state index in [-0.39, 0.29) is 11.9 Å². The molecule has 0 aromatic carbocycles. The molecule has 7 N–H and O–H groups in total. The van der Waals surface area contributed by atoms with Gasteiger partial charge in [-0.1, -0.05) is 32.6 Å². The van der Waals surface area contributed by atoms with Gasteiger partial charge < -0.3 is 16.7 Å². The Hall–Kier alpha value is -2.06. The fraction of sp³-hybridized carbons (Fsp3) is 0.778. The molecular formula is C9H22N6O3. The van der Waals surface area contributed by atoms with Gasteiger partial charge in [-0.3, -0.25) is 15.7 Å². The van der Waals surface area contributed by atoms with Crippen LogP contribution in [0.15, 0.2) is 4.99 Å². The minimum atomic E-state index is -1.50. The number of aliphatic imine (C=N–C) groups is 1. The van der Waals surface area contributed by atoms with Crippen LogP contribution >= 0.6 is 0 Å². The van der Waals surface area contributed by atoms with Crippen molar-refractivity contribution in [1.82, 2.24) is 5.32 Å². The van der Waals surface area contributed by atoms with E-state index in [1.807, 2.05) is 0 Å². The number of nitrogens with zero attached hydrogens (tertiary/aromatic N) is 2. The van der Waals surface area contributed by atoms with E-state index in [0.717, 1.165) is 6.42 Å². The largest absolute Gasteiger partial charge is 0.370 e. The van der Waals surface area contributed by atoms with Gasteiger partial charge in [0.25, 0.3) is 5.09 Å². The van der Waals surface area contributed by atoms with E-state index >= 15 is 0 Å². The molecule has 9 heteroatoms. The minimum absolute atomic E-state index is 0.169. The first-order chi connectivity index (χ1) is 8.40. The van der Waals surface area contributed by atoms with Crippen molar-refractivity contribution < 1.29 is 10.3 Å². The first-order valence-corrected chi connectivity index (χ1v) is 5.64. The summed E-state index contributed by atoms with van der Waals surface area (Å²) in [5, 5.41) is 23.0. The first kappa shape index (κ1) is 18.3. The van der Waals surface area contributed by atoms with Crippen LogP contribution in [0.4, 0.5) is 0 Å². The quantitative estimate of drug-likeness (QED) is 0.153. The number of hydrogen-bond acceptors (Lipinski definition) is 4. The molecule has 18 heavy (non-hydrogen) atoms. The summed E-state index contributed by atoms with van der Waals surface area (Å²) >= 11 is 0. The number of guanidine groups is 2.